The number of carbonyl (C=O) groups is 1. The van der Waals surface area contributed by atoms with Crippen molar-refractivity contribution in [2.75, 3.05) is 18.5 Å². The monoisotopic (exact) mass is 278 g/mol. The second-order valence-electron chi connectivity index (χ2n) is 5.10. The molecular formula is C14H28FO2P. The van der Waals surface area contributed by atoms with Gasteiger partial charge in [0.1, 0.15) is 5.97 Å². The summed E-state index contributed by atoms with van der Waals surface area (Å²) in [6, 6.07) is 0. The van der Waals surface area contributed by atoms with Crippen LogP contribution >= 0.6 is 7.26 Å². The van der Waals surface area contributed by atoms with Gasteiger partial charge in [0.15, 0.2) is 0 Å². The zero-order valence-corrected chi connectivity index (χ0v) is 13.0. The lowest BCUT2D eigenvalue weighted by Gasteiger charge is -2.31. The fraction of sp³-hybridized carbons (Fsp3) is 0.929. The molecule has 4 heteroatoms. The highest BCUT2D eigenvalue weighted by molar-refractivity contribution is 7.77. The van der Waals surface area contributed by atoms with Gasteiger partial charge >= 0.3 is 0 Å². The van der Waals surface area contributed by atoms with E-state index in [1.165, 1.54) is 0 Å². The minimum atomic E-state index is -2.02. The maximum atomic E-state index is 14.2. The normalized spacial score (nSPS) is 13.6. The second kappa shape index (κ2) is 9.72. The van der Waals surface area contributed by atoms with Gasteiger partial charge in [-0.05, 0) is 19.3 Å². The molecule has 0 saturated heterocycles. The molecule has 0 heterocycles. The third-order valence-electron chi connectivity index (χ3n) is 3.55. The molecule has 0 rings (SSSR count). The van der Waals surface area contributed by atoms with E-state index in [0.717, 1.165) is 57.0 Å². The van der Waals surface area contributed by atoms with Gasteiger partial charge in [0.2, 0.25) is 5.91 Å². The molecular weight excluding hydrogens is 250 g/mol. The number of unbranched alkanes of at least 4 members (excludes halogenated alkanes) is 3. The SMILES string of the molecule is CCCC[P+](CCCC)(CCCC)C(F)C(=O)[O-]. The van der Waals surface area contributed by atoms with Gasteiger partial charge in [-0.2, -0.15) is 4.39 Å². The highest BCUT2D eigenvalue weighted by Gasteiger charge is 2.45. The Bertz CT molecular complexity index is 212. The summed E-state index contributed by atoms with van der Waals surface area (Å²) in [4.78, 5) is 11.0. The summed E-state index contributed by atoms with van der Waals surface area (Å²) < 4.78 is 14.2. The molecule has 0 aliphatic rings. The van der Waals surface area contributed by atoms with Crippen molar-refractivity contribution in [1.82, 2.24) is 0 Å². The number of carboxylic acids is 1. The van der Waals surface area contributed by atoms with E-state index in [-0.39, 0.29) is 0 Å². The van der Waals surface area contributed by atoms with Gasteiger partial charge < -0.3 is 9.90 Å². The third kappa shape index (κ3) is 5.65. The molecule has 0 amide bonds. The summed E-state index contributed by atoms with van der Waals surface area (Å²) in [5.74, 6) is -3.19. The standard InChI is InChI=1S/C14H28FO2P/c1-4-7-10-18(11-8-5-2,12-9-6-3)13(15)14(16)17/h13H,4-12H2,1-3H3. The van der Waals surface area contributed by atoms with Crippen LogP contribution < -0.4 is 5.11 Å². The zero-order chi connectivity index (χ0) is 14.0. The average molecular weight is 278 g/mol. The number of aliphatic carboxylic acids is 1. The maximum absolute atomic E-state index is 14.2. The predicted octanol–water partition coefficient (Wildman–Crippen LogP) is 3.45. The molecule has 18 heavy (non-hydrogen) atoms. The van der Waals surface area contributed by atoms with E-state index >= 15 is 0 Å². The van der Waals surface area contributed by atoms with E-state index in [9.17, 15) is 14.3 Å². The summed E-state index contributed by atoms with van der Waals surface area (Å²) in [5.41, 5.74) is 0. The Morgan fingerprint density at radius 1 is 1.00 bits per heavy atom. The van der Waals surface area contributed by atoms with E-state index in [0.29, 0.717) is 0 Å². The summed E-state index contributed by atoms with van der Waals surface area (Å²) in [5, 5.41) is 11.0. The summed E-state index contributed by atoms with van der Waals surface area (Å²) in [6.07, 6.45) is 8.15. The lowest BCUT2D eigenvalue weighted by Crippen LogP contribution is -2.37. The topological polar surface area (TPSA) is 40.1 Å². The first-order chi connectivity index (χ1) is 8.54. The smallest absolute Gasteiger partial charge is 0.244 e. The van der Waals surface area contributed by atoms with Crippen LogP contribution in [0.15, 0.2) is 0 Å². The number of halogens is 1. The molecule has 0 aromatic heterocycles. The molecule has 1 unspecified atom stereocenters. The van der Waals surface area contributed by atoms with Crippen LogP contribution in [0.25, 0.3) is 0 Å². The van der Waals surface area contributed by atoms with E-state index in [1.54, 1.807) is 0 Å². The van der Waals surface area contributed by atoms with Crippen molar-refractivity contribution in [3.63, 3.8) is 0 Å². The summed E-state index contributed by atoms with van der Waals surface area (Å²) in [6.45, 7) is 6.21. The molecule has 0 aromatic rings. The Balaban J connectivity index is 4.89. The molecule has 0 aliphatic carbocycles. The lowest BCUT2D eigenvalue weighted by atomic mass is 10.4. The van der Waals surface area contributed by atoms with Gasteiger partial charge in [-0.3, -0.25) is 0 Å². The minimum Gasteiger partial charge on any atom is -0.543 e. The van der Waals surface area contributed by atoms with Gasteiger partial charge in [0.05, 0.1) is 25.7 Å². The molecule has 0 N–H and O–H groups in total. The molecule has 108 valence electrons. The highest BCUT2D eigenvalue weighted by Crippen LogP contribution is 2.65. The Morgan fingerprint density at radius 2 is 1.33 bits per heavy atom. The highest BCUT2D eigenvalue weighted by atomic mass is 31.2. The molecule has 2 nitrogen and oxygen atoms in total. The van der Waals surface area contributed by atoms with Crippen molar-refractivity contribution in [3.8, 4) is 0 Å². The maximum Gasteiger partial charge on any atom is 0.244 e. The van der Waals surface area contributed by atoms with Crippen LogP contribution in [-0.4, -0.2) is 30.4 Å². The molecule has 0 radical (unpaired) electrons. The quantitative estimate of drug-likeness (QED) is 0.543. The molecule has 0 spiro atoms. The Kier molecular flexibility index (Phi) is 9.63. The fourth-order valence-electron chi connectivity index (χ4n) is 2.32. The lowest BCUT2D eigenvalue weighted by molar-refractivity contribution is -0.308. The Hall–Kier alpha value is -0.170. The van der Waals surface area contributed by atoms with Crippen LogP contribution in [0.3, 0.4) is 0 Å². The Labute approximate surface area is 112 Å². The molecule has 1 atom stereocenters. The van der Waals surface area contributed by atoms with Gasteiger partial charge in [-0.1, -0.05) is 40.0 Å². The first kappa shape index (κ1) is 17.8. The van der Waals surface area contributed by atoms with Crippen molar-refractivity contribution >= 4 is 13.2 Å². The van der Waals surface area contributed by atoms with Crippen LogP contribution in [0, 0.1) is 0 Å². The van der Waals surface area contributed by atoms with Gasteiger partial charge in [-0.25, -0.2) is 0 Å². The number of carboxylic acid groups (broad SMARTS) is 1. The Morgan fingerprint density at radius 3 is 1.56 bits per heavy atom. The van der Waals surface area contributed by atoms with E-state index in [1.807, 2.05) is 0 Å². The fourth-order valence-corrected chi connectivity index (χ4v) is 6.95. The molecule has 0 aromatic carbocycles. The van der Waals surface area contributed by atoms with Gasteiger partial charge in [-0.15, -0.1) is 0 Å². The van der Waals surface area contributed by atoms with Crippen molar-refractivity contribution in [1.29, 1.82) is 0 Å². The van der Waals surface area contributed by atoms with Crippen molar-refractivity contribution in [2.24, 2.45) is 0 Å². The average Bonchev–Trinajstić information content (AvgIpc) is 2.37. The van der Waals surface area contributed by atoms with Gasteiger partial charge in [0.25, 0.3) is 0 Å². The van der Waals surface area contributed by atoms with Crippen molar-refractivity contribution < 1.29 is 14.3 Å². The number of hydrogen-bond donors (Lipinski definition) is 0. The van der Waals surface area contributed by atoms with E-state index < -0.39 is 19.1 Å². The summed E-state index contributed by atoms with van der Waals surface area (Å²) >= 11 is 0. The van der Waals surface area contributed by atoms with E-state index in [2.05, 4.69) is 20.8 Å². The first-order valence-electron chi connectivity index (χ1n) is 7.24. The first-order valence-corrected chi connectivity index (χ1v) is 9.66. The van der Waals surface area contributed by atoms with Crippen molar-refractivity contribution in [2.45, 2.75) is 65.2 Å². The minimum absolute atomic E-state index is 0.776. The number of alkyl halides is 1. The largest absolute Gasteiger partial charge is 0.543 e. The predicted molar refractivity (Wildman–Crippen MR) is 76.1 cm³/mol. The van der Waals surface area contributed by atoms with Crippen LogP contribution in [-0.2, 0) is 4.79 Å². The number of rotatable bonds is 11. The zero-order valence-electron chi connectivity index (χ0n) is 12.1. The van der Waals surface area contributed by atoms with Gasteiger partial charge in [0, 0.05) is 0 Å². The van der Waals surface area contributed by atoms with Crippen LogP contribution in [0.1, 0.15) is 59.3 Å². The van der Waals surface area contributed by atoms with Crippen molar-refractivity contribution in [3.05, 3.63) is 0 Å². The third-order valence-corrected chi connectivity index (χ3v) is 8.34. The van der Waals surface area contributed by atoms with Crippen LogP contribution in [0.5, 0.6) is 0 Å². The van der Waals surface area contributed by atoms with E-state index in [4.69, 9.17) is 0 Å². The molecule has 0 bridgehead atoms. The molecule has 0 fully saturated rings. The summed E-state index contributed by atoms with van der Waals surface area (Å²) in [7, 11) is -2.02. The second-order valence-corrected chi connectivity index (χ2v) is 9.34. The number of hydrogen-bond acceptors (Lipinski definition) is 2. The number of carbonyl (C=O) groups excluding carboxylic acids is 1. The molecule has 0 saturated carbocycles. The molecule has 0 aliphatic heterocycles. The van der Waals surface area contributed by atoms with Crippen LogP contribution in [0.4, 0.5) is 4.39 Å². The van der Waals surface area contributed by atoms with Crippen LogP contribution in [0.2, 0.25) is 0 Å².